The maximum Gasteiger partial charge on any atom is 0.191 e. The second-order valence-electron chi connectivity index (χ2n) is 7.90. The first-order chi connectivity index (χ1) is 14.2. The lowest BCUT2D eigenvalue weighted by atomic mass is 9.99. The normalized spacial score (nSPS) is 18.0. The minimum absolute atomic E-state index is 0.770. The molecule has 158 valence electrons. The van der Waals surface area contributed by atoms with Crippen LogP contribution in [-0.2, 0) is 26.1 Å². The van der Waals surface area contributed by atoms with Crippen molar-refractivity contribution < 1.29 is 0 Å². The molecule has 2 aromatic rings. The van der Waals surface area contributed by atoms with Gasteiger partial charge in [-0.2, -0.15) is 0 Å². The van der Waals surface area contributed by atoms with E-state index < -0.39 is 0 Å². The highest BCUT2D eigenvalue weighted by Gasteiger charge is 2.17. The first-order valence-corrected chi connectivity index (χ1v) is 10.8. The van der Waals surface area contributed by atoms with Crippen LogP contribution < -0.4 is 10.6 Å². The highest BCUT2D eigenvalue weighted by molar-refractivity contribution is 5.79. The van der Waals surface area contributed by atoms with E-state index in [0.29, 0.717) is 0 Å². The third kappa shape index (κ3) is 6.29. The molecule has 1 aromatic carbocycles. The number of aliphatic imine (C=N–C) groups is 1. The third-order valence-corrected chi connectivity index (χ3v) is 5.58. The number of nitrogens with one attached hydrogen (secondary N) is 2. The summed E-state index contributed by atoms with van der Waals surface area (Å²) >= 11 is 0. The summed E-state index contributed by atoms with van der Waals surface area (Å²) < 4.78 is 2.08. The molecule has 3 rings (SSSR count). The number of piperidine rings is 1. The minimum atomic E-state index is 0.770. The van der Waals surface area contributed by atoms with E-state index in [1.54, 1.807) is 6.33 Å². The Bertz CT molecular complexity index is 783. The van der Waals surface area contributed by atoms with Crippen LogP contribution >= 0.6 is 0 Å². The van der Waals surface area contributed by atoms with Crippen molar-refractivity contribution in [2.24, 2.45) is 10.9 Å². The molecule has 1 aromatic heterocycles. The number of likely N-dealkylation sites (tertiary alicyclic amines) is 1. The van der Waals surface area contributed by atoms with Crippen LogP contribution in [0, 0.1) is 5.92 Å². The molecule has 0 saturated carbocycles. The topological polar surface area (TPSA) is 70.4 Å². The summed E-state index contributed by atoms with van der Waals surface area (Å²) in [6.45, 7) is 10.3. The van der Waals surface area contributed by atoms with Gasteiger partial charge in [0.1, 0.15) is 12.2 Å². The van der Waals surface area contributed by atoms with Crippen LogP contribution in [0.2, 0.25) is 0 Å². The van der Waals surface area contributed by atoms with Crippen LogP contribution in [0.25, 0.3) is 0 Å². The first-order valence-electron chi connectivity index (χ1n) is 10.8. The van der Waals surface area contributed by atoms with Crippen molar-refractivity contribution >= 4 is 5.96 Å². The zero-order valence-electron chi connectivity index (χ0n) is 18.1. The van der Waals surface area contributed by atoms with E-state index in [0.717, 1.165) is 50.3 Å². The predicted molar refractivity (Wildman–Crippen MR) is 118 cm³/mol. The SMILES string of the molecule is CCc1nncn1CCNC(=NC)NCc1ccccc1CN1CCCC(C)C1. The van der Waals surface area contributed by atoms with Crippen LogP contribution in [0.15, 0.2) is 35.6 Å². The number of aromatic nitrogens is 3. The molecule has 1 fully saturated rings. The molecule has 7 heteroatoms. The summed E-state index contributed by atoms with van der Waals surface area (Å²) in [6, 6.07) is 8.73. The van der Waals surface area contributed by atoms with E-state index in [1.165, 1.54) is 37.1 Å². The zero-order chi connectivity index (χ0) is 20.5. The lowest BCUT2D eigenvalue weighted by molar-refractivity contribution is 0.176. The van der Waals surface area contributed by atoms with Crippen LogP contribution in [0.4, 0.5) is 0 Å². The van der Waals surface area contributed by atoms with Crippen LogP contribution in [0.5, 0.6) is 0 Å². The van der Waals surface area contributed by atoms with E-state index in [9.17, 15) is 0 Å². The molecule has 1 aliphatic heterocycles. The Morgan fingerprint density at radius 1 is 1.24 bits per heavy atom. The standard InChI is InChI=1S/C22H35N7/c1-4-21-27-26-17-29(21)13-11-24-22(23-3)25-14-19-9-5-6-10-20(19)16-28-12-7-8-18(2)15-28/h5-6,9-10,17-18H,4,7-8,11-16H2,1-3H3,(H2,23,24,25). The summed E-state index contributed by atoms with van der Waals surface area (Å²) in [6.07, 6.45) is 5.34. The summed E-state index contributed by atoms with van der Waals surface area (Å²) in [7, 11) is 1.81. The highest BCUT2D eigenvalue weighted by Crippen LogP contribution is 2.19. The van der Waals surface area contributed by atoms with Crippen molar-refractivity contribution in [2.45, 2.75) is 52.7 Å². The van der Waals surface area contributed by atoms with E-state index in [1.807, 2.05) is 7.05 Å². The fourth-order valence-corrected chi connectivity index (χ4v) is 3.99. The smallest absolute Gasteiger partial charge is 0.191 e. The molecule has 0 aliphatic carbocycles. The van der Waals surface area contributed by atoms with Gasteiger partial charge >= 0.3 is 0 Å². The molecule has 0 spiro atoms. The fraction of sp³-hybridized carbons (Fsp3) is 0.591. The Labute approximate surface area is 174 Å². The summed E-state index contributed by atoms with van der Waals surface area (Å²) in [4.78, 5) is 6.95. The van der Waals surface area contributed by atoms with Crippen molar-refractivity contribution in [2.75, 3.05) is 26.7 Å². The molecule has 7 nitrogen and oxygen atoms in total. The van der Waals surface area contributed by atoms with Crippen LogP contribution in [0.1, 0.15) is 43.6 Å². The second-order valence-corrected chi connectivity index (χ2v) is 7.90. The van der Waals surface area contributed by atoms with E-state index >= 15 is 0 Å². The fourth-order valence-electron chi connectivity index (χ4n) is 3.99. The number of aryl methyl sites for hydroxylation is 1. The van der Waals surface area contributed by atoms with Gasteiger partial charge in [0, 0.05) is 46.2 Å². The molecule has 2 heterocycles. The lowest BCUT2D eigenvalue weighted by Gasteiger charge is -2.31. The quantitative estimate of drug-likeness (QED) is 0.529. The maximum absolute atomic E-state index is 4.36. The molecule has 0 bridgehead atoms. The van der Waals surface area contributed by atoms with Gasteiger partial charge in [-0.15, -0.1) is 10.2 Å². The molecule has 1 saturated heterocycles. The van der Waals surface area contributed by atoms with Crippen molar-refractivity contribution in [1.82, 2.24) is 30.3 Å². The van der Waals surface area contributed by atoms with Crippen molar-refractivity contribution in [3.8, 4) is 0 Å². The lowest BCUT2D eigenvalue weighted by Crippen LogP contribution is -2.39. The summed E-state index contributed by atoms with van der Waals surface area (Å²) in [5.41, 5.74) is 2.74. The van der Waals surface area contributed by atoms with Crippen molar-refractivity contribution in [1.29, 1.82) is 0 Å². The first kappa shape index (κ1) is 21.3. The Morgan fingerprint density at radius 2 is 2.07 bits per heavy atom. The minimum Gasteiger partial charge on any atom is -0.355 e. The second kappa shape index (κ2) is 11.0. The number of hydrogen-bond donors (Lipinski definition) is 2. The molecule has 1 aliphatic rings. The Balaban J connectivity index is 1.50. The van der Waals surface area contributed by atoms with E-state index in [4.69, 9.17) is 0 Å². The van der Waals surface area contributed by atoms with Gasteiger partial charge in [-0.3, -0.25) is 9.89 Å². The van der Waals surface area contributed by atoms with Gasteiger partial charge < -0.3 is 15.2 Å². The van der Waals surface area contributed by atoms with Crippen LogP contribution in [-0.4, -0.2) is 52.3 Å². The molecule has 1 atom stereocenters. The number of guanidine groups is 1. The van der Waals surface area contributed by atoms with Gasteiger partial charge in [0.25, 0.3) is 0 Å². The molecule has 0 radical (unpaired) electrons. The number of rotatable bonds is 8. The van der Waals surface area contributed by atoms with Crippen molar-refractivity contribution in [3.05, 3.63) is 47.5 Å². The average Bonchev–Trinajstić information content (AvgIpc) is 3.19. The molecular formula is C22H35N7. The molecule has 29 heavy (non-hydrogen) atoms. The van der Waals surface area contributed by atoms with Crippen LogP contribution in [0.3, 0.4) is 0 Å². The van der Waals surface area contributed by atoms with Crippen molar-refractivity contribution in [3.63, 3.8) is 0 Å². The number of nitrogens with zero attached hydrogens (tertiary/aromatic N) is 5. The van der Waals surface area contributed by atoms with E-state index in [-0.39, 0.29) is 0 Å². The van der Waals surface area contributed by atoms with Gasteiger partial charge in [0.05, 0.1) is 0 Å². The molecule has 1 unspecified atom stereocenters. The molecule has 2 N–H and O–H groups in total. The summed E-state index contributed by atoms with van der Waals surface area (Å²) in [5.74, 6) is 2.63. The van der Waals surface area contributed by atoms with E-state index in [2.05, 4.69) is 73.4 Å². The average molecular weight is 398 g/mol. The monoisotopic (exact) mass is 397 g/mol. The van der Waals surface area contributed by atoms with Gasteiger partial charge in [-0.05, 0) is 36.4 Å². The van der Waals surface area contributed by atoms with Gasteiger partial charge in [0.2, 0.25) is 0 Å². The largest absolute Gasteiger partial charge is 0.355 e. The Morgan fingerprint density at radius 3 is 2.83 bits per heavy atom. The zero-order valence-corrected chi connectivity index (χ0v) is 18.1. The Kier molecular flexibility index (Phi) is 8.04. The summed E-state index contributed by atoms with van der Waals surface area (Å²) in [5, 5.41) is 15.0. The third-order valence-electron chi connectivity index (χ3n) is 5.58. The van der Waals surface area contributed by atoms with Gasteiger partial charge in [-0.1, -0.05) is 38.1 Å². The van der Waals surface area contributed by atoms with Gasteiger partial charge in [-0.25, -0.2) is 0 Å². The molecule has 0 amide bonds. The van der Waals surface area contributed by atoms with Gasteiger partial charge in [0.15, 0.2) is 5.96 Å². The highest BCUT2D eigenvalue weighted by atomic mass is 15.3. The number of benzene rings is 1. The Hall–Kier alpha value is -2.41. The molecular weight excluding hydrogens is 362 g/mol. The maximum atomic E-state index is 4.36. The number of hydrogen-bond acceptors (Lipinski definition) is 4. The predicted octanol–water partition coefficient (Wildman–Crippen LogP) is 2.44.